The van der Waals surface area contributed by atoms with Gasteiger partial charge in [-0.3, -0.25) is 4.68 Å². The molecule has 13 heavy (non-hydrogen) atoms. The Morgan fingerprint density at radius 2 is 2.31 bits per heavy atom. The van der Waals surface area contributed by atoms with Crippen molar-refractivity contribution in [3.05, 3.63) is 18.0 Å². The normalized spacial score (nSPS) is 11.5. The van der Waals surface area contributed by atoms with E-state index >= 15 is 0 Å². The lowest BCUT2D eigenvalue weighted by atomic mass is 10.2. The smallest absolute Gasteiger partial charge is 0.0535 e. The SMILES string of the molecule is CC(C)Cn1cc(CN(C)O)cn1. The third kappa shape index (κ3) is 3.57. The third-order valence-corrected chi connectivity index (χ3v) is 1.65. The zero-order valence-electron chi connectivity index (χ0n) is 8.44. The molecule has 0 bridgehead atoms. The lowest BCUT2D eigenvalue weighted by Crippen LogP contribution is -2.11. The summed E-state index contributed by atoms with van der Waals surface area (Å²) in [7, 11) is 1.62. The zero-order valence-corrected chi connectivity index (χ0v) is 8.44. The van der Waals surface area contributed by atoms with Crippen molar-refractivity contribution in [3.63, 3.8) is 0 Å². The summed E-state index contributed by atoms with van der Waals surface area (Å²) in [6.07, 6.45) is 3.75. The summed E-state index contributed by atoms with van der Waals surface area (Å²) in [5, 5.41) is 14.3. The first-order valence-corrected chi connectivity index (χ1v) is 4.49. The molecule has 4 nitrogen and oxygen atoms in total. The summed E-state index contributed by atoms with van der Waals surface area (Å²) < 4.78 is 1.91. The number of hydroxylamine groups is 2. The van der Waals surface area contributed by atoms with E-state index in [2.05, 4.69) is 18.9 Å². The van der Waals surface area contributed by atoms with Gasteiger partial charge in [0, 0.05) is 25.4 Å². The maximum Gasteiger partial charge on any atom is 0.0535 e. The van der Waals surface area contributed by atoms with Gasteiger partial charge in [-0.1, -0.05) is 13.8 Å². The molecule has 74 valence electrons. The summed E-state index contributed by atoms with van der Waals surface area (Å²) >= 11 is 0. The largest absolute Gasteiger partial charge is 0.314 e. The highest BCUT2D eigenvalue weighted by Crippen LogP contribution is 2.03. The van der Waals surface area contributed by atoms with Crippen LogP contribution in [-0.4, -0.2) is 27.1 Å². The maximum atomic E-state index is 8.99. The van der Waals surface area contributed by atoms with Crippen molar-refractivity contribution in [2.24, 2.45) is 5.92 Å². The Kier molecular flexibility index (Phi) is 3.45. The van der Waals surface area contributed by atoms with Gasteiger partial charge >= 0.3 is 0 Å². The fourth-order valence-corrected chi connectivity index (χ4v) is 1.23. The molecular weight excluding hydrogens is 166 g/mol. The minimum Gasteiger partial charge on any atom is -0.314 e. The molecule has 0 fully saturated rings. The topological polar surface area (TPSA) is 41.3 Å². The monoisotopic (exact) mass is 183 g/mol. The van der Waals surface area contributed by atoms with Crippen LogP contribution in [0, 0.1) is 5.92 Å². The average Bonchev–Trinajstić information content (AvgIpc) is 2.33. The molecular formula is C9H17N3O. The second-order valence-corrected chi connectivity index (χ2v) is 3.78. The first-order chi connectivity index (χ1) is 6.08. The summed E-state index contributed by atoms with van der Waals surface area (Å²) in [5.74, 6) is 0.597. The van der Waals surface area contributed by atoms with Gasteiger partial charge in [0.25, 0.3) is 0 Å². The van der Waals surface area contributed by atoms with E-state index in [-0.39, 0.29) is 0 Å². The van der Waals surface area contributed by atoms with E-state index < -0.39 is 0 Å². The predicted molar refractivity (Wildman–Crippen MR) is 50.3 cm³/mol. The summed E-state index contributed by atoms with van der Waals surface area (Å²) in [6, 6.07) is 0. The van der Waals surface area contributed by atoms with Gasteiger partial charge in [0.15, 0.2) is 0 Å². The molecule has 0 unspecified atom stereocenters. The molecule has 1 aromatic heterocycles. The molecule has 1 N–H and O–H groups in total. The van der Waals surface area contributed by atoms with Crippen LogP contribution in [0.4, 0.5) is 0 Å². The van der Waals surface area contributed by atoms with E-state index in [9.17, 15) is 0 Å². The van der Waals surface area contributed by atoms with Crippen molar-refractivity contribution in [1.82, 2.24) is 14.8 Å². The molecule has 0 aliphatic carbocycles. The van der Waals surface area contributed by atoms with Gasteiger partial charge in [-0.2, -0.15) is 10.2 Å². The van der Waals surface area contributed by atoms with Gasteiger partial charge in [-0.25, -0.2) is 0 Å². The van der Waals surface area contributed by atoms with Crippen LogP contribution in [0.25, 0.3) is 0 Å². The lowest BCUT2D eigenvalue weighted by Gasteiger charge is -2.05. The van der Waals surface area contributed by atoms with E-state index in [0.29, 0.717) is 12.5 Å². The number of aromatic nitrogens is 2. The third-order valence-electron chi connectivity index (χ3n) is 1.65. The molecule has 0 aromatic carbocycles. The molecule has 4 heteroatoms. The van der Waals surface area contributed by atoms with Gasteiger partial charge in [0.2, 0.25) is 0 Å². The molecule has 0 spiro atoms. The van der Waals surface area contributed by atoms with Gasteiger partial charge < -0.3 is 5.21 Å². The molecule has 0 saturated carbocycles. The van der Waals surface area contributed by atoms with E-state index in [1.165, 1.54) is 0 Å². The van der Waals surface area contributed by atoms with Gasteiger partial charge in [-0.05, 0) is 5.92 Å². The second kappa shape index (κ2) is 4.39. The van der Waals surface area contributed by atoms with Crippen LogP contribution in [0.2, 0.25) is 0 Å². The van der Waals surface area contributed by atoms with Crippen LogP contribution >= 0.6 is 0 Å². The van der Waals surface area contributed by atoms with E-state index in [1.54, 1.807) is 13.2 Å². The van der Waals surface area contributed by atoms with Crippen LogP contribution in [-0.2, 0) is 13.1 Å². The first-order valence-electron chi connectivity index (χ1n) is 4.49. The summed E-state index contributed by atoms with van der Waals surface area (Å²) in [4.78, 5) is 0. The van der Waals surface area contributed by atoms with Crippen LogP contribution in [0.15, 0.2) is 12.4 Å². The Hall–Kier alpha value is -0.870. The highest BCUT2D eigenvalue weighted by atomic mass is 16.5. The predicted octanol–water partition coefficient (Wildman–Crippen LogP) is 1.36. The lowest BCUT2D eigenvalue weighted by molar-refractivity contribution is -0.0731. The molecule has 0 atom stereocenters. The molecule has 0 saturated heterocycles. The van der Waals surface area contributed by atoms with Gasteiger partial charge in [0.05, 0.1) is 12.7 Å². The Morgan fingerprint density at radius 3 is 2.85 bits per heavy atom. The van der Waals surface area contributed by atoms with E-state index in [0.717, 1.165) is 17.2 Å². The van der Waals surface area contributed by atoms with Gasteiger partial charge in [0.1, 0.15) is 0 Å². The number of hydrogen-bond donors (Lipinski definition) is 1. The second-order valence-electron chi connectivity index (χ2n) is 3.78. The minimum absolute atomic E-state index is 0.526. The van der Waals surface area contributed by atoms with E-state index in [4.69, 9.17) is 5.21 Å². The molecule has 0 amide bonds. The highest BCUT2D eigenvalue weighted by Gasteiger charge is 2.01. The van der Waals surface area contributed by atoms with Gasteiger partial charge in [-0.15, -0.1) is 0 Å². The Morgan fingerprint density at radius 1 is 1.62 bits per heavy atom. The molecule has 0 aliphatic heterocycles. The minimum atomic E-state index is 0.526. The summed E-state index contributed by atoms with van der Waals surface area (Å²) in [5.41, 5.74) is 1.03. The Bertz CT molecular complexity index is 231. The van der Waals surface area contributed by atoms with Crippen molar-refractivity contribution in [3.8, 4) is 0 Å². The zero-order chi connectivity index (χ0) is 9.84. The van der Waals surface area contributed by atoms with Crippen molar-refractivity contribution < 1.29 is 5.21 Å². The Labute approximate surface area is 78.7 Å². The van der Waals surface area contributed by atoms with Crippen LogP contribution in [0.5, 0.6) is 0 Å². The van der Waals surface area contributed by atoms with E-state index in [1.807, 2.05) is 10.9 Å². The number of rotatable bonds is 4. The van der Waals surface area contributed by atoms with Crippen molar-refractivity contribution in [1.29, 1.82) is 0 Å². The number of hydrogen-bond acceptors (Lipinski definition) is 3. The molecule has 0 radical (unpaired) electrons. The van der Waals surface area contributed by atoms with Crippen LogP contribution in [0.1, 0.15) is 19.4 Å². The van der Waals surface area contributed by atoms with Crippen LogP contribution < -0.4 is 0 Å². The highest BCUT2D eigenvalue weighted by molar-refractivity contribution is 5.02. The molecule has 1 rings (SSSR count). The standard InChI is InChI=1S/C9H17N3O/c1-8(2)5-12-7-9(4-10-12)6-11(3)13/h4,7-8,13H,5-6H2,1-3H3. The fourth-order valence-electron chi connectivity index (χ4n) is 1.23. The molecule has 0 aliphatic rings. The molecule has 1 heterocycles. The summed E-state index contributed by atoms with van der Waals surface area (Å²) in [6.45, 7) is 5.76. The number of nitrogens with zero attached hydrogens (tertiary/aromatic N) is 3. The average molecular weight is 183 g/mol. The maximum absolute atomic E-state index is 8.99. The van der Waals surface area contributed by atoms with Crippen LogP contribution in [0.3, 0.4) is 0 Å². The first kappa shape index (κ1) is 10.2. The van der Waals surface area contributed by atoms with Crippen molar-refractivity contribution >= 4 is 0 Å². The molecule has 1 aromatic rings. The quantitative estimate of drug-likeness (QED) is 0.717. The van der Waals surface area contributed by atoms with Crippen molar-refractivity contribution in [2.45, 2.75) is 26.9 Å². The van der Waals surface area contributed by atoms with Crippen molar-refractivity contribution in [2.75, 3.05) is 7.05 Å². The fraction of sp³-hybridized carbons (Fsp3) is 0.667. The Balaban J connectivity index is 2.53.